The van der Waals surface area contributed by atoms with Crippen molar-refractivity contribution in [2.75, 3.05) is 5.32 Å². The Morgan fingerprint density at radius 1 is 1.18 bits per heavy atom. The van der Waals surface area contributed by atoms with Crippen LogP contribution in [0, 0.1) is 34.0 Å². The van der Waals surface area contributed by atoms with E-state index in [1.54, 1.807) is 24.3 Å². The molecule has 1 N–H and O–H groups in total. The van der Waals surface area contributed by atoms with Crippen LogP contribution in [0.5, 0.6) is 0 Å². The summed E-state index contributed by atoms with van der Waals surface area (Å²) in [5, 5.41) is 29.5. The first-order valence-corrected chi connectivity index (χ1v) is 6.69. The van der Waals surface area contributed by atoms with Crippen LogP contribution in [-0.2, 0) is 7.05 Å². The van der Waals surface area contributed by atoms with Crippen LogP contribution in [0.2, 0.25) is 0 Å². The maximum atomic E-state index is 9.06. The molecule has 0 radical (unpaired) electrons. The molecule has 0 aliphatic carbocycles. The van der Waals surface area contributed by atoms with Gasteiger partial charge in [0.15, 0.2) is 5.57 Å². The van der Waals surface area contributed by atoms with Crippen LogP contribution >= 0.6 is 0 Å². The molecule has 0 aliphatic rings. The van der Waals surface area contributed by atoms with Gasteiger partial charge in [-0.1, -0.05) is 13.8 Å². The summed E-state index contributed by atoms with van der Waals surface area (Å²) in [5.74, 6) is 1.27. The van der Waals surface area contributed by atoms with Gasteiger partial charge in [-0.05, 0) is 18.2 Å². The first-order chi connectivity index (χ1) is 10.5. The number of aryl methyl sites for hydroxylation is 1. The summed E-state index contributed by atoms with van der Waals surface area (Å²) < 4.78 is 2.03. The second-order valence-corrected chi connectivity index (χ2v) is 5.10. The molecule has 0 amide bonds. The number of anilines is 1. The zero-order valence-electron chi connectivity index (χ0n) is 12.5. The van der Waals surface area contributed by atoms with E-state index < -0.39 is 0 Å². The van der Waals surface area contributed by atoms with Crippen molar-refractivity contribution in [1.29, 1.82) is 15.8 Å². The molecule has 0 unspecified atom stereocenters. The number of nitrogens with zero attached hydrogens (tertiary/aromatic N) is 5. The predicted octanol–water partition coefficient (Wildman–Crippen LogP) is 2.93. The molecule has 0 spiro atoms. The topological polar surface area (TPSA) is 101 Å². The fourth-order valence-corrected chi connectivity index (χ4v) is 2.24. The Balaban J connectivity index is 2.48. The van der Waals surface area contributed by atoms with E-state index >= 15 is 0 Å². The molecule has 22 heavy (non-hydrogen) atoms. The highest BCUT2D eigenvalue weighted by molar-refractivity contribution is 5.81. The van der Waals surface area contributed by atoms with Crippen LogP contribution in [-0.4, -0.2) is 9.55 Å². The Kier molecular flexibility index (Phi) is 4.11. The van der Waals surface area contributed by atoms with Gasteiger partial charge < -0.3 is 9.88 Å². The first kappa shape index (κ1) is 15.1. The van der Waals surface area contributed by atoms with E-state index in [0.717, 1.165) is 16.9 Å². The minimum atomic E-state index is -0.244. The van der Waals surface area contributed by atoms with Crippen LogP contribution in [0.25, 0.3) is 11.0 Å². The summed E-state index contributed by atoms with van der Waals surface area (Å²) in [6.45, 7) is 4.14. The van der Waals surface area contributed by atoms with Crippen molar-refractivity contribution in [3.63, 3.8) is 0 Å². The van der Waals surface area contributed by atoms with Gasteiger partial charge in [-0.3, -0.25) is 0 Å². The second kappa shape index (κ2) is 5.99. The lowest BCUT2D eigenvalue weighted by molar-refractivity contribution is 0.722. The molecule has 1 aromatic carbocycles. The van der Waals surface area contributed by atoms with E-state index in [4.69, 9.17) is 15.8 Å². The third kappa shape index (κ3) is 2.61. The summed E-state index contributed by atoms with van der Waals surface area (Å²) in [4.78, 5) is 4.58. The summed E-state index contributed by atoms with van der Waals surface area (Å²) >= 11 is 0. The molecule has 2 rings (SSSR count). The highest BCUT2D eigenvalue weighted by Crippen LogP contribution is 2.24. The lowest BCUT2D eigenvalue weighted by atomic mass is 10.2. The number of allylic oxidation sites excluding steroid dienone is 2. The van der Waals surface area contributed by atoms with E-state index in [0.29, 0.717) is 11.6 Å². The normalized spacial score (nSPS) is 9.86. The van der Waals surface area contributed by atoms with Crippen molar-refractivity contribution < 1.29 is 0 Å². The van der Waals surface area contributed by atoms with Gasteiger partial charge in [0, 0.05) is 18.7 Å². The van der Waals surface area contributed by atoms with Gasteiger partial charge >= 0.3 is 0 Å². The Labute approximate surface area is 128 Å². The molecule has 0 saturated carbocycles. The molecule has 0 fully saturated rings. The smallest absolute Gasteiger partial charge is 0.163 e. The third-order valence-corrected chi connectivity index (χ3v) is 3.29. The minimum Gasteiger partial charge on any atom is -0.345 e. The quantitative estimate of drug-likeness (QED) is 0.876. The highest BCUT2D eigenvalue weighted by atomic mass is 15.1. The molecule has 2 aromatic rings. The zero-order chi connectivity index (χ0) is 16.3. The molecule has 108 valence electrons. The predicted molar refractivity (Wildman–Crippen MR) is 82.3 cm³/mol. The van der Waals surface area contributed by atoms with E-state index in [2.05, 4.69) is 24.1 Å². The van der Waals surface area contributed by atoms with Crippen molar-refractivity contribution in [3.8, 4) is 18.2 Å². The van der Waals surface area contributed by atoms with Crippen LogP contribution in [0.4, 0.5) is 5.69 Å². The highest BCUT2D eigenvalue weighted by Gasteiger charge is 2.12. The molecule has 0 atom stereocenters. The fourth-order valence-electron chi connectivity index (χ4n) is 2.24. The van der Waals surface area contributed by atoms with Crippen molar-refractivity contribution in [2.45, 2.75) is 19.8 Å². The maximum absolute atomic E-state index is 9.06. The zero-order valence-corrected chi connectivity index (χ0v) is 12.5. The monoisotopic (exact) mass is 290 g/mol. The largest absolute Gasteiger partial charge is 0.345 e. The third-order valence-electron chi connectivity index (χ3n) is 3.29. The molecule has 0 bridgehead atoms. The lowest BCUT2D eigenvalue weighted by Crippen LogP contribution is -2.00. The maximum Gasteiger partial charge on any atom is 0.163 e. The standard InChI is InChI=1S/C16H14N6/c1-10(2)16-21-13-6-12(4-5-15(13)22(16)3)20-14(9-19)11(7-17)8-18/h4-6,10,20H,1-3H3. The lowest BCUT2D eigenvalue weighted by Gasteiger charge is -2.05. The molecule has 0 aliphatic heterocycles. The number of nitriles is 3. The summed E-state index contributed by atoms with van der Waals surface area (Å²) in [5.41, 5.74) is 2.08. The Bertz CT molecular complexity index is 864. The molecular weight excluding hydrogens is 276 g/mol. The number of imidazole rings is 1. The molecule has 0 saturated heterocycles. The number of hydrogen-bond acceptors (Lipinski definition) is 5. The van der Waals surface area contributed by atoms with Gasteiger partial charge in [0.1, 0.15) is 29.7 Å². The average Bonchev–Trinajstić information content (AvgIpc) is 2.84. The van der Waals surface area contributed by atoms with Crippen molar-refractivity contribution >= 4 is 16.7 Å². The molecule has 1 aromatic heterocycles. The van der Waals surface area contributed by atoms with Crippen molar-refractivity contribution in [2.24, 2.45) is 7.05 Å². The average molecular weight is 290 g/mol. The van der Waals surface area contributed by atoms with Crippen molar-refractivity contribution in [1.82, 2.24) is 9.55 Å². The first-order valence-electron chi connectivity index (χ1n) is 6.69. The second-order valence-electron chi connectivity index (χ2n) is 5.10. The van der Waals surface area contributed by atoms with E-state index in [-0.39, 0.29) is 11.3 Å². The summed E-state index contributed by atoms with van der Waals surface area (Å²) in [6.07, 6.45) is 0. The Morgan fingerprint density at radius 3 is 2.41 bits per heavy atom. The van der Waals surface area contributed by atoms with E-state index in [1.807, 2.05) is 23.8 Å². The summed E-state index contributed by atoms with van der Waals surface area (Å²) in [7, 11) is 1.96. The number of aromatic nitrogens is 2. The Hall–Kier alpha value is -3.30. The van der Waals surface area contributed by atoms with Gasteiger partial charge in [-0.2, -0.15) is 15.8 Å². The molecule has 6 heteroatoms. The van der Waals surface area contributed by atoms with Gasteiger partial charge in [-0.25, -0.2) is 4.98 Å². The SMILES string of the molecule is CC(C)c1nc2cc(NC(C#N)=C(C#N)C#N)ccc2n1C. The van der Waals surface area contributed by atoms with Crippen LogP contribution < -0.4 is 5.32 Å². The summed E-state index contributed by atoms with van der Waals surface area (Å²) in [6, 6.07) is 10.7. The van der Waals surface area contributed by atoms with Crippen LogP contribution in [0.1, 0.15) is 25.6 Å². The van der Waals surface area contributed by atoms with Gasteiger partial charge in [0.2, 0.25) is 0 Å². The van der Waals surface area contributed by atoms with E-state index in [1.165, 1.54) is 0 Å². The number of benzene rings is 1. The van der Waals surface area contributed by atoms with Crippen LogP contribution in [0.15, 0.2) is 29.5 Å². The van der Waals surface area contributed by atoms with Gasteiger partial charge in [-0.15, -0.1) is 0 Å². The molecule has 6 nitrogen and oxygen atoms in total. The van der Waals surface area contributed by atoms with E-state index in [9.17, 15) is 0 Å². The number of hydrogen-bond donors (Lipinski definition) is 1. The number of fused-ring (bicyclic) bond motifs is 1. The number of rotatable bonds is 3. The fraction of sp³-hybridized carbons (Fsp3) is 0.250. The molecule has 1 heterocycles. The van der Waals surface area contributed by atoms with Gasteiger partial charge in [0.05, 0.1) is 11.0 Å². The van der Waals surface area contributed by atoms with Gasteiger partial charge in [0.25, 0.3) is 0 Å². The van der Waals surface area contributed by atoms with Crippen LogP contribution in [0.3, 0.4) is 0 Å². The molecular formula is C16H14N6. The Morgan fingerprint density at radius 2 is 1.86 bits per heavy atom. The minimum absolute atomic E-state index is 0.0654. The van der Waals surface area contributed by atoms with Crippen molar-refractivity contribution in [3.05, 3.63) is 35.3 Å². The number of nitrogens with one attached hydrogen (secondary N) is 1.